The molecule has 28 heavy (non-hydrogen) atoms. The van der Waals surface area contributed by atoms with Crippen LogP contribution in [0.25, 0.3) is 27.5 Å². The Labute approximate surface area is 167 Å². The third kappa shape index (κ3) is 3.85. The van der Waals surface area contributed by atoms with E-state index in [0.29, 0.717) is 17.7 Å². The van der Waals surface area contributed by atoms with Gasteiger partial charge in [-0.3, -0.25) is 9.78 Å². The summed E-state index contributed by atoms with van der Waals surface area (Å²) in [7, 11) is 4.02. The number of aromatic nitrogens is 4. The number of nitrogens with zero attached hydrogens (tertiary/aromatic N) is 5. The summed E-state index contributed by atoms with van der Waals surface area (Å²) in [5, 5.41) is 6.42. The molecule has 0 bridgehead atoms. The van der Waals surface area contributed by atoms with E-state index in [9.17, 15) is 4.79 Å². The Hall–Kier alpha value is -2.90. The molecule has 0 aliphatic rings. The second-order valence-corrected chi connectivity index (χ2v) is 7.82. The summed E-state index contributed by atoms with van der Waals surface area (Å²) >= 11 is 1.65. The minimum atomic E-state index is 0.134. The van der Waals surface area contributed by atoms with Crippen molar-refractivity contribution >= 4 is 22.8 Å². The van der Waals surface area contributed by atoms with Gasteiger partial charge in [0, 0.05) is 24.4 Å². The minimum absolute atomic E-state index is 0.134. The van der Waals surface area contributed by atoms with Crippen LogP contribution < -0.4 is 0 Å². The van der Waals surface area contributed by atoms with Crippen LogP contribution in [0.5, 0.6) is 0 Å². The van der Waals surface area contributed by atoms with Crippen LogP contribution in [-0.2, 0) is 0 Å². The van der Waals surface area contributed by atoms with Gasteiger partial charge < -0.3 is 4.90 Å². The van der Waals surface area contributed by atoms with Crippen molar-refractivity contribution in [2.75, 3.05) is 20.6 Å². The van der Waals surface area contributed by atoms with Crippen molar-refractivity contribution in [2.45, 2.75) is 12.8 Å². The molecule has 7 heteroatoms. The maximum absolute atomic E-state index is 12.5. The maximum Gasteiger partial charge on any atom is 0.165 e. The van der Waals surface area contributed by atoms with Crippen molar-refractivity contribution in [3.8, 4) is 21.8 Å². The lowest BCUT2D eigenvalue weighted by Crippen LogP contribution is -2.14. The van der Waals surface area contributed by atoms with E-state index < -0.39 is 0 Å². The highest BCUT2D eigenvalue weighted by Gasteiger charge is 2.14. The number of carbonyl (C=O) groups is 1. The van der Waals surface area contributed by atoms with Gasteiger partial charge in [0.15, 0.2) is 11.4 Å². The number of pyridine rings is 1. The van der Waals surface area contributed by atoms with Crippen LogP contribution in [0.15, 0.2) is 54.3 Å². The Morgan fingerprint density at radius 3 is 2.89 bits per heavy atom. The first-order valence-electron chi connectivity index (χ1n) is 9.14. The summed E-state index contributed by atoms with van der Waals surface area (Å²) in [5.74, 6) is 0.134. The molecule has 0 aromatic carbocycles. The molecule has 0 saturated heterocycles. The normalized spacial score (nSPS) is 11.4. The number of hydrogen-bond acceptors (Lipinski definition) is 6. The molecule has 4 rings (SSSR count). The first-order chi connectivity index (χ1) is 13.6. The van der Waals surface area contributed by atoms with Crippen LogP contribution in [0, 0.1) is 0 Å². The van der Waals surface area contributed by atoms with Crippen molar-refractivity contribution in [1.29, 1.82) is 0 Å². The number of Topliss-reactive ketones (excluding diaryl/α,β-unsaturated/α-hetero) is 1. The molecule has 0 spiro atoms. The molecule has 6 nitrogen and oxygen atoms in total. The molecule has 142 valence electrons. The smallest absolute Gasteiger partial charge is 0.165 e. The van der Waals surface area contributed by atoms with Gasteiger partial charge in [-0.15, -0.1) is 11.3 Å². The molecule has 0 amide bonds. The zero-order valence-electron chi connectivity index (χ0n) is 15.9. The third-order valence-corrected chi connectivity index (χ3v) is 5.40. The number of carbonyl (C=O) groups excluding carboxylic acids is 1. The molecule has 0 N–H and O–H groups in total. The molecule has 0 aliphatic heterocycles. The van der Waals surface area contributed by atoms with Crippen molar-refractivity contribution in [2.24, 2.45) is 0 Å². The van der Waals surface area contributed by atoms with Gasteiger partial charge in [0.2, 0.25) is 0 Å². The molecule has 4 aromatic heterocycles. The molecule has 4 heterocycles. The average molecular weight is 392 g/mol. The quantitative estimate of drug-likeness (QED) is 0.445. The molecular weight excluding hydrogens is 370 g/mol. The van der Waals surface area contributed by atoms with Crippen molar-refractivity contribution in [3.05, 3.63) is 59.9 Å². The van der Waals surface area contributed by atoms with Gasteiger partial charge in [-0.2, -0.15) is 5.10 Å². The van der Waals surface area contributed by atoms with Crippen LogP contribution >= 0.6 is 11.3 Å². The van der Waals surface area contributed by atoms with E-state index in [1.807, 2.05) is 49.9 Å². The fraction of sp³-hybridized carbons (Fsp3) is 0.238. The molecule has 0 radical (unpaired) electrons. The zero-order chi connectivity index (χ0) is 19.5. The lowest BCUT2D eigenvalue weighted by atomic mass is 10.1. The summed E-state index contributed by atoms with van der Waals surface area (Å²) in [6.45, 7) is 0.896. The Balaban J connectivity index is 1.65. The maximum atomic E-state index is 12.5. The predicted octanol–water partition coefficient (Wildman–Crippen LogP) is 4.04. The summed E-state index contributed by atoms with van der Waals surface area (Å²) < 4.78 is 1.74. The highest BCUT2D eigenvalue weighted by Crippen LogP contribution is 2.27. The number of fused-ring (bicyclic) bond motifs is 1. The molecule has 0 saturated carbocycles. The number of ketones is 1. The van der Waals surface area contributed by atoms with Crippen LogP contribution in [0.1, 0.15) is 23.2 Å². The van der Waals surface area contributed by atoms with Gasteiger partial charge in [-0.05, 0) is 56.7 Å². The molecule has 4 aromatic rings. The Morgan fingerprint density at radius 1 is 1.21 bits per heavy atom. The predicted molar refractivity (Wildman–Crippen MR) is 112 cm³/mol. The minimum Gasteiger partial charge on any atom is -0.309 e. The Bertz CT molecular complexity index is 1100. The van der Waals surface area contributed by atoms with Gasteiger partial charge >= 0.3 is 0 Å². The van der Waals surface area contributed by atoms with E-state index >= 15 is 0 Å². The van der Waals surface area contributed by atoms with E-state index in [4.69, 9.17) is 4.98 Å². The van der Waals surface area contributed by atoms with E-state index in [1.54, 1.807) is 34.3 Å². The fourth-order valence-electron chi connectivity index (χ4n) is 3.06. The lowest BCUT2D eigenvalue weighted by Gasteiger charge is -2.08. The van der Waals surface area contributed by atoms with Crippen LogP contribution in [0.3, 0.4) is 0 Å². The fourth-order valence-corrected chi connectivity index (χ4v) is 3.76. The van der Waals surface area contributed by atoms with E-state index in [1.165, 1.54) is 0 Å². The van der Waals surface area contributed by atoms with Crippen molar-refractivity contribution in [1.82, 2.24) is 24.5 Å². The average Bonchev–Trinajstić information content (AvgIpc) is 3.37. The van der Waals surface area contributed by atoms with Gasteiger partial charge in [-0.1, -0.05) is 6.07 Å². The van der Waals surface area contributed by atoms with E-state index in [0.717, 1.165) is 34.7 Å². The lowest BCUT2D eigenvalue weighted by molar-refractivity contribution is 0.0977. The number of rotatable bonds is 7. The van der Waals surface area contributed by atoms with Crippen LogP contribution in [0.2, 0.25) is 0 Å². The van der Waals surface area contributed by atoms with E-state index in [-0.39, 0.29) is 5.78 Å². The molecule has 0 atom stereocenters. The second kappa shape index (κ2) is 8.00. The van der Waals surface area contributed by atoms with Gasteiger partial charge in [0.1, 0.15) is 0 Å². The molecular formula is C21H21N5OS. The molecule has 0 fully saturated rings. The summed E-state index contributed by atoms with van der Waals surface area (Å²) in [6.07, 6.45) is 6.70. The Kier molecular flexibility index (Phi) is 5.27. The summed E-state index contributed by atoms with van der Waals surface area (Å²) in [6, 6.07) is 9.63. The highest BCUT2D eigenvalue weighted by atomic mass is 32.1. The third-order valence-electron chi connectivity index (χ3n) is 4.51. The van der Waals surface area contributed by atoms with Crippen molar-refractivity contribution in [3.63, 3.8) is 0 Å². The SMILES string of the molecule is CN(C)CCCC(=O)c1ccnc(-c2cnn3ccc(-c4cccs4)nc23)c1. The number of thiophene rings is 1. The first-order valence-corrected chi connectivity index (χ1v) is 10.0. The molecule has 0 unspecified atom stereocenters. The largest absolute Gasteiger partial charge is 0.309 e. The van der Waals surface area contributed by atoms with Crippen molar-refractivity contribution < 1.29 is 4.79 Å². The number of hydrogen-bond donors (Lipinski definition) is 0. The second-order valence-electron chi connectivity index (χ2n) is 6.88. The standard InChI is InChI=1S/C21H21N5OS/c1-25(2)10-3-5-19(27)15-7-9-22-18(13-15)16-14-23-26-11-8-17(24-21(16)26)20-6-4-12-28-20/h4,6-9,11-14H,3,5,10H2,1-2H3. The highest BCUT2D eigenvalue weighted by molar-refractivity contribution is 7.13. The zero-order valence-corrected chi connectivity index (χ0v) is 16.7. The van der Waals surface area contributed by atoms with Crippen LogP contribution in [0.4, 0.5) is 0 Å². The van der Waals surface area contributed by atoms with E-state index in [2.05, 4.69) is 15.0 Å². The van der Waals surface area contributed by atoms with Crippen LogP contribution in [-0.4, -0.2) is 50.9 Å². The molecule has 0 aliphatic carbocycles. The summed E-state index contributed by atoms with van der Waals surface area (Å²) in [4.78, 5) is 25.0. The monoisotopic (exact) mass is 391 g/mol. The first kappa shape index (κ1) is 18.5. The van der Waals surface area contributed by atoms with Gasteiger partial charge in [0.05, 0.1) is 28.0 Å². The Morgan fingerprint density at radius 2 is 2.11 bits per heavy atom. The van der Waals surface area contributed by atoms with Gasteiger partial charge in [-0.25, -0.2) is 9.50 Å². The topological polar surface area (TPSA) is 63.4 Å². The summed E-state index contributed by atoms with van der Waals surface area (Å²) in [5.41, 5.74) is 3.85. The van der Waals surface area contributed by atoms with Gasteiger partial charge in [0.25, 0.3) is 0 Å².